The second-order valence-corrected chi connectivity index (χ2v) is 7.34. The number of oxazole rings is 1. The predicted octanol–water partition coefficient (Wildman–Crippen LogP) is 5.21. The lowest BCUT2D eigenvalue weighted by atomic mass is 10.1. The highest BCUT2D eigenvalue weighted by atomic mass is 79.9. The lowest BCUT2D eigenvalue weighted by molar-refractivity contribution is -0.385. The molecule has 0 aliphatic heterocycles. The van der Waals surface area contributed by atoms with Crippen molar-refractivity contribution in [1.82, 2.24) is 9.97 Å². The van der Waals surface area contributed by atoms with Crippen LogP contribution in [-0.2, 0) is 0 Å². The van der Waals surface area contributed by atoms with Crippen molar-refractivity contribution in [3.05, 3.63) is 75.0 Å². The Morgan fingerprint density at radius 2 is 2.06 bits per heavy atom. The summed E-state index contributed by atoms with van der Waals surface area (Å²) in [5.74, 6) is 0.0162. The van der Waals surface area contributed by atoms with Gasteiger partial charge in [-0.2, -0.15) is 0 Å². The van der Waals surface area contributed by atoms with E-state index in [2.05, 4.69) is 31.2 Å². The van der Waals surface area contributed by atoms with E-state index in [0.717, 1.165) is 4.47 Å². The molecular formula is C21H15BrN4O5. The minimum atomic E-state index is -0.582. The highest BCUT2D eigenvalue weighted by molar-refractivity contribution is 9.10. The summed E-state index contributed by atoms with van der Waals surface area (Å²) in [6, 6.07) is 10.9. The Labute approximate surface area is 184 Å². The van der Waals surface area contributed by atoms with E-state index >= 15 is 0 Å². The number of fused-ring (bicyclic) bond motifs is 1. The van der Waals surface area contributed by atoms with Crippen LogP contribution in [0.5, 0.6) is 5.75 Å². The van der Waals surface area contributed by atoms with Gasteiger partial charge in [0.15, 0.2) is 11.3 Å². The smallest absolute Gasteiger partial charge is 0.311 e. The van der Waals surface area contributed by atoms with Crippen LogP contribution in [-0.4, -0.2) is 27.4 Å². The number of nitro benzene ring substituents is 1. The number of nitro groups is 1. The Morgan fingerprint density at radius 3 is 2.81 bits per heavy atom. The summed E-state index contributed by atoms with van der Waals surface area (Å²) in [6.07, 6.45) is 3.29. The van der Waals surface area contributed by atoms with Gasteiger partial charge in [-0.3, -0.25) is 19.9 Å². The van der Waals surface area contributed by atoms with E-state index in [4.69, 9.17) is 9.15 Å². The van der Waals surface area contributed by atoms with Gasteiger partial charge < -0.3 is 14.5 Å². The third-order valence-electron chi connectivity index (χ3n) is 4.31. The Balaban J connectivity index is 1.59. The van der Waals surface area contributed by atoms with Crippen LogP contribution in [0, 0.1) is 10.1 Å². The molecule has 0 radical (unpaired) electrons. The van der Waals surface area contributed by atoms with Crippen molar-refractivity contribution in [2.45, 2.75) is 6.92 Å². The maximum atomic E-state index is 12.6. The van der Waals surface area contributed by atoms with Crippen LogP contribution in [0.1, 0.15) is 17.3 Å². The number of anilines is 1. The molecule has 2 heterocycles. The number of nitrogens with one attached hydrogen (secondary N) is 1. The van der Waals surface area contributed by atoms with Gasteiger partial charge in [-0.25, -0.2) is 4.98 Å². The lowest BCUT2D eigenvalue weighted by Crippen LogP contribution is -2.12. The van der Waals surface area contributed by atoms with Crippen LogP contribution in [0.2, 0.25) is 0 Å². The third-order valence-corrected chi connectivity index (χ3v) is 4.75. The van der Waals surface area contributed by atoms with Crippen LogP contribution in [0.3, 0.4) is 0 Å². The predicted molar refractivity (Wildman–Crippen MR) is 117 cm³/mol. The van der Waals surface area contributed by atoms with Crippen molar-refractivity contribution in [2.24, 2.45) is 0 Å². The topological polar surface area (TPSA) is 120 Å². The first-order chi connectivity index (χ1) is 14.9. The molecule has 2 aromatic carbocycles. The second kappa shape index (κ2) is 8.52. The maximum absolute atomic E-state index is 12.6. The number of halogens is 1. The normalized spacial score (nSPS) is 10.8. The maximum Gasteiger partial charge on any atom is 0.311 e. The third kappa shape index (κ3) is 4.38. The average Bonchev–Trinajstić information content (AvgIpc) is 3.17. The lowest BCUT2D eigenvalue weighted by Gasteiger charge is -2.07. The number of amides is 1. The van der Waals surface area contributed by atoms with Gasteiger partial charge in [0.25, 0.3) is 5.91 Å². The minimum Gasteiger partial charge on any atom is -0.487 e. The molecule has 0 saturated carbocycles. The zero-order valence-corrected chi connectivity index (χ0v) is 17.8. The van der Waals surface area contributed by atoms with E-state index in [0.29, 0.717) is 28.2 Å². The zero-order chi connectivity index (χ0) is 22.0. The molecule has 0 aliphatic carbocycles. The summed E-state index contributed by atoms with van der Waals surface area (Å²) in [5, 5.41) is 14.0. The van der Waals surface area contributed by atoms with E-state index in [1.54, 1.807) is 37.5 Å². The fraction of sp³-hybridized carbons (Fsp3) is 0.0952. The number of hydrogen-bond acceptors (Lipinski definition) is 7. The minimum absolute atomic E-state index is 0.114. The molecule has 4 rings (SSSR count). The van der Waals surface area contributed by atoms with E-state index in [-0.39, 0.29) is 23.6 Å². The Bertz CT molecular complexity index is 1300. The van der Waals surface area contributed by atoms with Crippen LogP contribution >= 0.6 is 15.9 Å². The molecule has 9 nitrogen and oxygen atoms in total. The first-order valence-electron chi connectivity index (χ1n) is 9.18. The van der Waals surface area contributed by atoms with Crippen molar-refractivity contribution < 1.29 is 18.9 Å². The van der Waals surface area contributed by atoms with Gasteiger partial charge in [0.1, 0.15) is 5.52 Å². The van der Waals surface area contributed by atoms with E-state index in [1.807, 2.05) is 6.07 Å². The first kappa shape index (κ1) is 20.5. The monoisotopic (exact) mass is 482 g/mol. The van der Waals surface area contributed by atoms with Crippen LogP contribution in [0.15, 0.2) is 63.7 Å². The number of carbonyl (C=O) groups excluding carboxylic acids is 1. The number of nitrogens with zero attached hydrogens (tertiary/aromatic N) is 3. The highest BCUT2D eigenvalue weighted by Crippen LogP contribution is 2.29. The highest BCUT2D eigenvalue weighted by Gasteiger charge is 2.19. The first-order valence-corrected chi connectivity index (χ1v) is 9.98. The number of ether oxygens (including phenoxy) is 1. The Kier molecular flexibility index (Phi) is 5.63. The van der Waals surface area contributed by atoms with Gasteiger partial charge in [0.05, 0.1) is 17.1 Å². The molecule has 0 bridgehead atoms. The molecule has 0 aliphatic rings. The largest absolute Gasteiger partial charge is 0.487 e. The van der Waals surface area contributed by atoms with Crippen LogP contribution in [0.25, 0.3) is 22.6 Å². The quantitative estimate of drug-likeness (QED) is 0.295. The number of hydrogen-bond donors (Lipinski definition) is 1. The molecule has 0 saturated heterocycles. The molecule has 4 aromatic rings. The molecule has 1 N–H and O–H groups in total. The summed E-state index contributed by atoms with van der Waals surface area (Å²) >= 11 is 3.36. The number of rotatable bonds is 6. The van der Waals surface area contributed by atoms with Crippen LogP contribution < -0.4 is 10.1 Å². The molecule has 10 heteroatoms. The van der Waals surface area contributed by atoms with Crippen molar-refractivity contribution in [3.8, 4) is 17.2 Å². The molecule has 0 fully saturated rings. The van der Waals surface area contributed by atoms with Crippen molar-refractivity contribution in [1.29, 1.82) is 0 Å². The molecule has 2 aromatic heterocycles. The van der Waals surface area contributed by atoms with Gasteiger partial charge in [0, 0.05) is 34.2 Å². The molecule has 156 valence electrons. The molecule has 0 atom stereocenters. The van der Waals surface area contributed by atoms with E-state index < -0.39 is 10.8 Å². The SMILES string of the molecule is CCOc1ccc(C(=O)Nc2ccc3oc(-c4cncc(Br)c4)nc3c2)cc1[N+](=O)[O-]. The van der Waals surface area contributed by atoms with Crippen molar-refractivity contribution >= 4 is 44.3 Å². The van der Waals surface area contributed by atoms with E-state index in [1.165, 1.54) is 18.2 Å². The fourth-order valence-electron chi connectivity index (χ4n) is 2.94. The van der Waals surface area contributed by atoms with Crippen molar-refractivity contribution in [2.75, 3.05) is 11.9 Å². The number of aromatic nitrogens is 2. The van der Waals surface area contributed by atoms with Gasteiger partial charge in [-0.15, -0.1) is 0 Å². The molecule has 31 heavy (non-hydrogen) atoms. The summed E-state index contributed by atoms with van der Waals surface area (Å²) in [5.41, 5.74) is 2.14. The summed E-state index contributed by atoms with van der Waals surface area (Å²) in [4.78, 5) is 31.9. The molecule has 1 amide bonds. The summed E-state index contributed by atoms with van der Waals surface area (Å²) in [7, 11) is 0. The molecule has 0 unspecified atom stereocenters. The Morgan fingerprint density at radius 1 is 1.23 bits per heavy atom. The second-order valence-electron chi connectivity index (χ2n) is 6.42. The summed E-state index contributed by atoms with van der Waals surface area (Å²) < 4.78 is 11.8. The van der Waals surface area contributed by atoms with Crippen molar-refractivity contribution in [3.63, 3.8) is 0 Å². The average molecular weight is 483 g/mol. The number of benzene rings is 2. The standard InChI is InChI=1S/C21H15BrN4O5/c1-2-30-19-5-3-12(8-17(19)26(28)29)20(27)24-15-4-6-18-16(9-15)25-21(31-18)13-7-14(22)11-23-10-13/h3-11H,2H2,1H3,(H,24,27). The summed E-state index contributed by atoms with van der Waals surface area (Å²) in [6.45, 7) is 2.00. The molecule has 0 spiro atoms. The van der Waals surface area contributed by atoms with Gasteiger partial charge in [-0.1, -0.05) is 0 Å². The van der Waals surface area contributed by atoms with Crippen LogP contribution in [0.4, 0.5) is 11.4 Å². The Hall–Kier alpha value is -3.79. The van der Waals surface area contributed by atoms with Gasteiger partial charge in [-0.05, 0) is 59.3 Å². The fourth-order valence-corrected chi connectivity index (χ4v) is 3.30. The van der Waals surface area contributed by atoms with E-state index in [9.17, 15) is 14.9 Å². The zero-order valence-electron chi connectivity index (χ0n) is 16.2. The van der Waals surface area contributed by atoms with Gasteiger partial charge in [0.2, 0.25) is 5.89 Å². The van der Waals surface area contributed by atoms with Gasteiger partial charge >= 0.3 is 5.69 Å². The number of carbonyl (C=O) groups is 1. The number of pyridine rings is 1. The molecular weight excluding hydrogens is 468 g/mol.